The maximum atomic E-state index is 11.1. The van der Waals surface area contributed by atoms with Gasteiger partial charge < -0.3 is 5.73 Å². The Balaban J connectivity index is 2.25. The van der Waals surface area contributed by atoms with Crippen LogP contribution in [0.2, 0.25) is 5.02 Å². The van der Waals surface area contributed by atoms with E-state index < -0.39 is 9.84 Å². The van der Waals surface area contributed by atoms with Gasteiger partial charge in [-0.3, -0.25) is 4.57 Å². The highest BCUT2D eigenvalue weighted by molar-refractivity contribution is 7.90. The van der Waals surface area contributed by atoms with Gasteiger partial charge in [0.15, 0.2) is 5.65 Å². The Morgan fingerprint density at radius 2 is 2.22 bits per heavy atom. The zero-order chi connectivity index (χ0) is 13.3. The molecule has 98 valence electrons. The molecule has 0 bridgehead atoms. The number of hydrogen-bond donors (Lipinski definition) is 1. The van der Waals surface area contributed by atoms with Crippen LogP contribution in [0.15, 0.2) is 12.3 Å². The highest BCUT2D eigenvalue weighted by Gasteiger charge is 2.10. The average Bonchev–Trinajstić information content (AvgIpc) is 2.52. The van der Waals surface area contributed by atoms with Gasteiger partial charge in [-0.25, -0.2) is 18.4 Å². The number of nitrogen functional groups attached to an aromatic ring is 1. The lowest BCUT2D eigenvalue weighted by molar-refractivity contribution is 0.593. The smallest absolute Gasteiger partial charge is 0.202 e. The Bertz CT molecular complexity index is 680. The molecule has 6 nitrogen and oxygen atoms in total. The second kappa shape index (κ2) is 4.74. The predicted molar refractivity (Wildman–Crippen MR) is 71.3 cm³/mol. The van der Waals surface area contributed by atoms with E-state index in [4.69, 9.17) is 17.3 Å². The fourth-order valence-corrected chi connectivity index (χ4v) is 2.51. The van der Waals surface area contributed by atoms with Crippen molar-refractivity contribution in [3.63, 3.8) is 0 Å². The van der Waals surface area contributed by atoms with Crippen molar-refractivity contribution in [1.82, 2.24) is 14.5 Å². The average molecular weight is 289 g/mol. The lowest BCUT2D eigenvalue weighted by Crippen LogP contribution is -2.09. The van der Waals surface area contributed by atoms with Crippen LogP contribution >= 0.6 is 11.6 Å². The van der Waals surface area contributed by atoms with Crippen molar-refractivity contribution in [2.24, 2.45) is 0 Å². The van der Waals surface area contributed by atoms with Crippen molar-refractivity contribution in [3.05, 3.63) is 17.3 Å². The minimum Gasteiger partial charge on any atom is -0.369 e. The first-order valence-electron chi connectivity index (χ1n) is 5.32. The van der Waals surface area contributed by atoms with E-state index >= 15 is 0 Å². The van der Waals surface area contributed by atoms with Crippen LogP contribution in [-0.4, -0.2) is 35.0 Å². The van der Waals surface area contributed by atoms with Gasteiger partial charge in [0.25, 0.3) is 0 Å². The lowest BCUT2D eigenvalue weighted by Gasteiger charge is -2.04. The van der Waals surface area contributed by atoms with Crippen LogP contribution in [-0.2, 0) is 16.4 Å². The molecule has 0 amide bonds. The molecule has 0 aliphatic heterocycles. The van der Waals surface area contributed by atoms with Crippen molar-refractivity contribution in [1.29, 1.82) is 0 Å². The van der Waals surface area contributed by atoms with E-state index in [-0.39, 0.29) is 5.75 Å². The molecule has 0 fully saturated rings. The van der Waals surface area contributed by atoms with Crippen LogP contribution in [0, 0.1) is 0 Å². The Kier molecular flexibility index (Phi) is 3.45. The number of pyridine rings is 1. The predicted octanol–water partition coefficient (Wildman–Crippen LogP) is 1.10. The van der Waals surface area contributed by atoms with Crippen LogP contribution < -0.4 is 5.73 Å². The molecule has 0 aliphatic carbocycles. The van der Waals surface area contributed by atoms with Crippen molar-refractivity contribution < 1.29 is 8.42 Å². The number of halogens is 1. The maximum Gasteiger partial charge on any atom is 0.202 e. The number of aryl methyl sites for hydroxylation is 1. The van der Waals surface area contributed by atoms with Crippen molar-refractivity contribution in [2.45, 2.75) is 13.0 Å². The highest BCUT2D eigenvalue weighted by atomic mass is 35.5. The summed E-state index contributed by atoms with van der Waals surface area (Å²) in [5.74, 6) is 0.424. The normalized spacial score (nSPS) is 12.1. The molecule has 18 heavy (non-hydrogen) atoms. The summed E-state index contributed by atoms with van der Waals surface area (Å²) in [5, 5.41) is 0.489. The third-order valence-corrected chi connectivity index (χ3v) is 3.71. The third kappa shape index (κ3) is 2.91. The second-order valence-corrected chi connectivity index (χ2v) is 6.80. The van der Waals surface area contributed by atoms with E-state index in [0.717, 1.165) is 0 Å². The summed E-state index contributed by atoms with van der Waals surface area (Å²) in [6.45, 7) is 0.462. The monoisotopic (exact) mass is 288 g/mol. The molecule has 2 rings (SSSR count). The van der Waals surface area contributed by atoms with Crippen molar-refractivity contribution in [3.8, 4) is 0 Å². The second-order valence-electron chi connectivity index (χ2n) is 4.10. The quantitative estimate of drug-likeness (QED) is 0.910. The molecular weight excluding hydrogens is 276 g/mol. The number of imidazole rings is 1. The molecule has 2 N–H and O–H groups in total. The molecule has 0 saturated carbocycles. The summed E-state index contributed by atoms with van der Waals surface area (Å²) in [6.07, 6.45) is 3.19. The van der Waals surface area contributed by atoms with E-state index in [9.17, 15) is 8.42 Å². The molecule has 2 heterocycles. The molecule has 0 unspecified atom stereocenters. The summed E-state index contributed by atoms with van der Waals surface area (Å²) < 4.78 is 23.8. The van der Waals surface area contributed by atoms with Crippen LogP contribution in [0.3, 0.4) is 0 Å². The van der Waals surface area contributed by atoms with Gasteiger partial charge in [0, 0.05) is 19.0 Å². The van der Waals surface area contributed by atoms with Gasteiger partial charge in [-0.2, -0.15) is 0 Å². The number of sulfone groups is 1. The molecular formula is C10H13ClN4O2S. The minimum atomic E-state index is -2.97. The van der Waals surface area contributed by atoms with Crippen LogP contribution in [0.1, 0.15) is 6.42 Å². The summed E-state index contributed by atoms with van der Waals surface area (Å²) in [6, 6.07) is 1.67. The number of anilines is 1. The number of hydrogen-bond acceptors (Lipinski definition) is 5. The summed E-state index contributed by atoms with van der Waals surface area (Å²) in [7, 11) is -2.97. The Morgan fingerprint density at radius 1 is 1.50 bits per heavy atom. The topological polar surface area (TPSA) is 90.9 Å². The molecule has 8 heteroatoms. The first-order valence-corrected chi connectivity index (χ1v) is 7.75. The summed E-state index contributed by atoms with van der Waals surface area (Å²) in [5.41, 5.74) is 7.00. The molecule has 0 spiro atoms. The SMILES string of the molecule is CS(=O)(=O)CCCn1c(N)nc2cc(Cl)cnc21. The molecule has 0 radical (unpaired) electrons. The molecule has 0 saturated heterocycles. The minimum absolute atomic E-state index is 0.111. The van der Waals surface area contributed by atoms with Gasteiger partial charge in [0.1, 0.15) is 15.4 Å². The van der Waals surface area contributed by atoms with E-state index in [1.165, 1.54) is 12.5 Å². The first-order chi connectivity index (χ1) is 8.37. The zero-order valence-electron chi connectivity index (χ0n) is 9.80. The number of rotatable bonds is 4. The van der Waals surface area contributed by atoms with Gasteiger partial charge in [-0.15, -0.1) is 0 Å². The van der Waals surface area contributed by atoms with Gasteiger partial charge in [-0.1, -0.05) is 11.6 Å². The highest BCUT2D eigenvalue weighted by Crippen LogP contribution is 2.19. The number of fused-ring (bicyclic) bond motifs is 1. The van der Waals surface area contributed by atoms with Gasteiger partial charge >= 0.3 is 0 Å². The van der Waals surface area contributed by atoms with E-state index in [2.05, 4.69) is 9.97 Å². The van der Waals surface area contributed by atoms with E-state index in [1.807, 2.05) is 0 Å². The van der Waals surface area contributed by atoms with Crippen LogP contribution in [0.25, 0.3) is 11.2 Å². The third-order valence-electron chi connectivity index (χ3n) is 2.48. The van der Waals surface area contributed by atoms with Crippen LogP contribution in [0.4, 0.5) is 5.95 Å². The summed E-state index contributed by atoms with van der Waals surface area (Å²) in [4.78, 5) is 8.29. The Hall–Kier alpha value is -1.34. The standard InChI is InChI=1S/C10H13ClN4O2S/c1-18(16,17)4-2-3-15-9-8(14-10(15)12)5-7(11)6-13-9/h5-6H,2-4H2,1H3,(H2,12,14). The molecule has 0 aromatic carbocycles. The fraction of sp³-hybridized carbons (Fsp3) is 0.400. The lowest BCUT2D eigenvalue weighted by atomic mass is 10.4. The largest absolute Gasteiger partial charge is 0.369 e. The Morgan fingerprint density at radius 3 is 2.89 bits per heavy atom. The van der Waals surface area contributed by atoms with Crippen molar-refractivity contribution >= 4 is 38.6 Å². The fourth-order valence-electron chi connectivity index (χ4n) is 1.71. The molecule has 2 aromatic heterocycles. The Labute approximate surface area is 110 Å². The summed E-state index contributed by atoms with van der Waals surface area (Å²) >= 11 is 5.81. The van der Waals surface area contributed by atoms with E-state index in [1.54, 1.807) is 10.6 Å². The van der Waals surface area contributed by atoms with Gasteiger partial charge in [0.05, 0.1) is 10.8 Å². The number of aromatic nitrogens is 3. The maximum absolute atomic E-state index is 11.1. The van der Waals surface area contributed by atoms with Crippen molar-refractivity contribution in [2.75, 3.05) is 17.7 Å². The van der Waals surface area contributed by atoms with Gasteiger partial charge in [0.2, 0.25) is 5.95 Å². The molecule has 2 aromatic rings. The molecule has 0 atom stereocenters. The first kappa shape index (κ1) is 13.1. The van der Waals surface area contributed by atoms with E-state index in [0.29, 0.717) is 35.1 Å². The molecule has 0 aliphatic rings. The van der Waals surface area contributed by atoms with Crippen LogP contribution in [0.5, 0.6) is 0 Å². The number of nitrogens with two attached hydrogens (primary N) is 1. The van der Waals surface area contributed by atoms with Gasteiger partial charge in [-0.05, 0) is 12.5 Å². The zero-order valence-corrected chi connectivity index (χ0v) is 11.4. The number of nitrogens with zero attached hydrogens (tertiary/aromatic N) is 3.